The van der Waals surface area contributed by atoms with Crippen LogP contribution in [0.1, 0.15) is 43.9 Å². The number of hydrogen-bond donors (Lipinski definition) is 2. The number of nitrogens with one attached hydrogen (secondary N) is 2. The maximum absolute atomic E-state index is 5.45. The highest BCUT2D eigenvalue weighted by Crippen LogP contribution is 2.24. The van der Waals surface area contributed by atoms with Gasteiger partial charge < -0.3 is 19.9 Å². The predicted octanol–water partition coefficient (Wildman–Crippen LogP) is 3.11. The molecule has 1 aliphatic rings. The Bertz CT molecular complexity index is 843. The predicted molar refractivity (Wildman–Crippen MR) is 144 cm³/mol. The number of aliphatic imine (C=N–C) groups is 1. The molecule has 2 aromatic rings. The first-order valence-corrected chi connectivity index (χ1v) is 11.8. The topological polar surface area (TPSA) is 79.6 Å². The average molecular weight is 570 g/mol. The molecule has 2 N–H and O–H groups in total. The second kappa shape index (κ2) is 14.5. The first-order chi connectivity index (χ1) is 15.6. The van der Waals surface area contributed by atoms with Gasteiger partial charge in [0.2, 0.25) is 0 Å². The summed E-state index contributed by atoms with van der Waals surface area (Å²) in [6, 6.07) is 11.3. The van der Waals surface area contributed by atoms with Crippen molar-refractivity contribution >= 4 is 29.9 Å². The summed E-state index contributed by atoms with van der Waals surface area (Å²) in [5.74, 6) is 3.19. The highest BCUT2D eigenvalue weighted by molar-refractivity contribution is 14.0. The fourth-order valence-electron chi connectivity index (χ4n) is 4.08. The van der Waals surface area contributed by atoms with Crippen molar-refractivity contribution in [3.8, 4) is 0 Å². The van der Waals surface area contributed by atoms with Gasteiger partial charge in [0.05, 0.1) is 0 Å². The number of guanidine groups is 1. The van der Waals surface area contributed by atoms with Crippen LogP contribution in [0, 0.1) is 12.8 Å². The third kappa shape index (κ3) is 8.86. The smallest absolute Gasteiger partial charge is 0.191 e. The van der Waals surface area contributed by atoms with E-state index in [1.54, 1.807) is 0 Å². The average Bonchev–Trinajstić information content (AvgIpc) is 3.31. The molecule has 2 heterocycles. The fraction of sp³-hybridized carbons (Fsp3) is 0.625. The molecule has 1 aliphatic heterocycles. The lowest BCUT2D eigenvalue weighted by atomic mass is 10.1. The van der Waals surface area contributed by atoms with Gasteiger partial charge in [-0.1, -0.05) is 30.3 Å². The normalized spacial score (nSPS) is 18.8. The van der Waals surface area contributed by atoms with Crippen LogP contribution >= 0.6 is 24.0 Å². The van der Waals surface area contributed by atoms with Crippen LogP contribution in [0.5, 0.6) is 0 Å². The number of halogens is 1. The molecule has 33 heavy (non-hydrogen) atoms. The van der Waals surface area contributed by atoms with Gasteiger partial charge in [-0.25, -0.2) is 4.99 Å². The molecule has 0 spiro atoms. The highest BCUT2D eigenvalue weighted by Gasteiger charge is 2.28. The van der Waals surface area contributed by atoms with Gasteiger partial charge in [0.1, 0.15) is 12.4 Å². The Balaban J connectivity index is 0.00000385. The van der Waals surface area contributed by atoms with Gasteiger partial charge in [-0.15, -0.1) is 34.2 Å². The maximum atomic E-state index is 5.45. The van der Waals surface area contributed by atoms with Crippen LogP contribution in [0.15, 0.2) is 35.3 Å². The third-order valence-corrected chi connectivity index (χ3v) is 6.10. The molecule has 8 nitrogen and oxygen atoms in total. The third-order valence-electron chi connectivity index (χ3n) is 6.10. The number of likely N-dealkylation sites (tertiary alicyclic amines) is 1. The van der Waals surface area contributed by atoms with Gasteiger partial charge in [0.15, 0.2) is 11.8 Å². The van der Waals surface area contributed by atoms with Crippen LogP contribution in [0.3, 0.4) is 0 Å². The molecule has 184 valence electrons. The molecular formula is C24H40IN7O. The van der Waals surface area contributed by atoms with Gasteiger partial charge in [-0.05, 0) is 45.1 Å². The molecule has 0 aliphatic carbocycles. The zero-order chi connectivity index (χ0) is 22.8. The van der Waals surface area contributed by atoms with Crippen molar-refractivity contribution in [2.45, 2.75) is 52.7 Å². The quantitative estimate of drug-likeness (QED) is 0.188. The van der Waals surface area contributed by atoms with Crippen molar-refractivity contribution in [1.29, 1.82) is 0 Å². The van der Waals surface area contributed by atoms with Gasteiger partial charge in [0.25, 0.3) is 0 Å². The van der Waals surface area contributed by atoms with Crippen LogP contribution in [0.4, 0.5) is 0 Å². The first kappa shape index (κ1) is 27.5. The van der Waals surface area contributed by atoms with Gasteiger partial charge >= 0.3 is 0 Å². The van der Waals surface area contributed by atoms with E-state index >= 15 is 0 Å². The summed E-state index contributed by atoms with van der Waals surface area (Å²) in [6.07, 6.45) is 2.14. The SMILES string of the molecule is CCOCCCNC(=NCc1nnc(C)n1C)NCC1CC(C)N(Cc2ccccc2)C1.I. The lowest BCUT2D eigenvalue weighted by Crippen LogP contribution is -2.41. The molecule has 2 unspecified atom stereocenters. The molecule has 0 bridgehead atoms. The van der Waals surface area contributed by atoms with Crippen LogP contribution in [-0.4, -0.2) is 64.5 Å². The summed E-state index contributed by atoms with van der Waals surface area (Å²) in [6.45, 7) is 12.2. The van der Waals surface area contributed by atoms with E-state index in [9.17, 15) is 0 Å². The molecule has 1 fully saturated rings. The number of benzene rings is 1. The second-order valence-corrected chi connectivity index (χ2v) is 8.61. The summed E-state index contributed by atoms with van der Waals surface area (Å²) in [4.78, 5) is 7.35. The van der Waals surface area contributed by atoms with Crippen molar-refractivity contribution in [3.63, 3.8) is 0 Å². The van der Waals surface area contributed by atoms with E-state index in [1.165, 1.54) is 12.0 Å². The minimum Gasteiger partial charge on any atom is -0.382 e. The van der Waals surface area contributed by atoms with Crippen molar-refractivity contribution in [2.75, 3.05) is 32.8 Å². The van der Waals surface area contributed by atoms with Crippen LogP contribution < -0.4 is 10.6 Å². The van der Waals surface area contributed by atoms with Gasteiger partial charge in [-0.2, -0.15) is 0 Å². The lowest BCUT2D eigenvalue weighted by Gasteiger charge is -2.21. The van der Waals surface area contributed by atoms with Crippen molar-refractivity contribution in [1.82, 2.24) is 30.3 Å². The summed E-state index contributed by atoms with van der Waals surface area (Å²) in [5, 5.41) is 15.4. The van der Waals surface area contributed by atoms with E-state index in [2.05, 4.69) is 63.0 Å². The molecule has 0 radical (unpaired) electrons. The van der Waals surface area contributed by atoms with E-state index in [-0.39, 0.29) is 24.0 Å². The number of aryl methyl sites for hydroxylation is 1. The Morgan fingerprint density at radius 3 is 2.70 bits per heavy atom. The van der Waals surface area contributed by atoms with Crippen LogP contribution in [-0.2, 0) is 24.9 Å². The number of ether oxygens (including phenoxy) is 1. The zero-order valence-corrected chi connectivity index (χ0v) is 22.8. The number of nitrogens with zero attached hydrogens (tertiary/aromatic N) is 5. The van der Waals surface area contributed by atoms with Crippen LogP contribution in [0.25, 0.3) is 0 Å². The minimum atomic E-state index is 0. The molecule has 1 saturated heterocycles. The highest BCUT2D eigenvalue weighted by atomic mass is 127. The molecule has 0 saturated carbocycles. The number of rotatable bonds is 11. The maximum Gasteiger partial charge on any atom is 0.191 e. The summed E-state index contributed by atoms with van der Waals surface area (Å²) >= 11 is 0. The number of hydrogen-bond acceptors (Lipinski definition) is 5. The first-order valence-electron chi connectivity index (χ1n) is 11.8. The second-order valence-electron chi connectivity index (χ2n) is 8.61. The monoisotopic (exact) mass is 569 g/mol. The van der Waals surface area contributed by atoms with Gasteiger partial charge in [-0.3, -0.25) is 4.90 Å². The van der Waals surface area contributed by atoms with E-state index < -0.39 is 0 Å². The van der Waals surface area contributed by atoms with E-state index in [1.807, 2.05) is 25.5 Å². The summed E-state index contributed by atoms with van der Waals surface area (Å²) < 4.78 is 7.43. The van der Waals surface area contributed by atoms with Crippen molar-refractivity contribution in [2.24, 2.45) is 18.0 Å². The molecule has 1 aromatic heterocycles. The Kier molecular flexibility index (Phi) is 12.1. The summed E-state index contributed by atoms with van der Waals surface area (Å²) in [5.41, 5.74) is 1.38. The van der Waals surface area contributed by atoms with E-state index in [0.29, 0.717) is 18.5 Å². The van der Waals surface area contributed by atoms with Crippen molar-refractivity contribution < 1.29 is 4.74 Å². The van der Waals surface area contributed by atoms with E-state index in [4.69, 9.17) is 9.73 Å². The Morgan fingerprint density at radius 1 is 1.21 bits per heavy atom. The lowest BCUT2D eigenvalue weighted by molar-refractivity contribution is 0.145. The Morgan fingerprint density at radius 2 is 2.00 bits per heavy atom. The molecule has 9 heteroatoms. The molecule has 2 atom stereocenters. The number of aromatic nitrogens is 3. The molecule has 1 aromatic carbocycles. The summed E-state index contributed by atoms with van der Waals surface area (Å²) in [7, 11) is 1.98. The van der Waals surface area contributed by atoms with Crippen molar-refractivity contribution in [3.05, 3.63) is 47.5 Å². The molecular weight excluding hydrogens is 529 g/mol. The standard InChI is InChI=1S/C24H39N7O.HI/c1-5-32-13-9-12-25-24(27-16-23-29-28-20(3)30(23)4)26-15-22-14-19(2)31(18-22)17-21-10-7-6-8-11-21;/h6-8,10-11,19,22H,5,9,12-18H2,1-4H3,(H2,25,26,27);1H. The zero-order valence-electron chi connectivity index (χ0n) is 20.5. The Hall–Kier alpha value is -1.72. The Labute approximate surface area is 215 Å². The van der Waals surface area contributed by atoms with Gasteiger partial charge in [0, 0.05) is 52.5 Å². The fourth-order valence-corrected chi connectivity index (χ4v) is 4.08. The molecule has 3 rings (SSSR count). The van der Waals surface area contributed by atoms with E-state index in [0.717, 1.165) is 63.4 Å². The largest absolute Gasteiger partial charge is 0.382 e. The minimum absolute atomic E-state index is 0. The van der Waals surface area contributed by atoms with Crippen LogP contribution in [0.2, 0.25) is 0 Å². The molecule has 0 amide bonds.